The molecule has 2 saturated heterocycles. The number of carbonyl (C=O) groups is 2. The van der Waals surface area contributed by atoms with Crippen LogP contribution in [-0.2, 0) is 14.8 Å². The third-order valence-corrected chi connectivity index (χ3v) is 8.68. The van der Waals surface area contributed by atoms with Gasteiger partial charge in [-0.3, -0.25) is 9.59 Å². The van der Waals surface area contributed by atoms with Gasteiger partial charge in [0.2, 0.25) is 15.9 Å². The average molecular weight is 499 g/mol. The van der Waals surface area contributed by atoms with Gasteiger partial charge in [0.1, 0.15) is 0 Å². The molecular formula is C26H34N4O4S. The first-order valence-electron chi connectivity index (χ1n) is 12.5. The molecule has 2 fully saturated rings. The van der Waals surface area contributed by atoms with Gasteiger partial charge in [0, 0.05) is 50.4 Å². The van der Waals surface area contributed by atoms with Gasteiger partial charge in [-0.1, -0.05) is 6.42 Å². The number of rotatable bonds is 8. The minimum absolute atomic E-state index is 0.0952. The summed E-state index contributed by atoms with van der Waals surface area (Å²) in [7, 11) is -3.64. The monoisotopic (exact) mass is 498 g/mol. The zero-order chi connectivity index (χ0) is 25.0. The normalized spacial score (nSPS) is 17.0. The molecule has 0 aliphatic carbocycles. The number of anilines is 3. The molecular weight excluding hydrogens is 464 g/mol. The van der Waals surface area contributed by atoms with Crippen LogP contribution < -0.4 is 15.1 Å². The van der Waals surface area contributed by atoms with Crippen molar-refractivity contribution in [3.05, 3.63) is 48.0 Å². The summed E-state index contributed by atoms with van der Waals surface area (Å²) in [6, 6.07) is 11.9. The summed E-state index contributed by atoms with van der Waals surface area (Å²) in [5.41, 5.74) is 2.47. The van der Waals surface area contributed by atoms with Gasteiger partial charge < -0.3 is 15.1 Å². The van der Waals surface area contributed by atoms with E-state index in [1.165, 1.54) is 4.31 Å². The van der Waals surface area contributed by atoms with E-state index in [-0.39, 0.29) is 16.7 Å². The molecule has 0 atom stereocenters. The Labute approximate surface area is 207 Å². The van der Waals surface area contributed by atoms with E-state index in [9.17, 15) is 18.0 Å². The van der Waals surface area contributed by atoms with E-state index < -0.39 is 10.0 Å². The van der Waals surface area contributed by atoms with Crippen molar-refractivity contribution in [2.24, 2.45) is 0 Å². The number of hydrogen-bond donors (Lipinski definition) is 1. The van der Waals surface area contributed by atoms with Crippen molar-refractivity contribution >= 4 is 38.9 Å². The van der Waals surface area contributed by atoms with Crippen molar-refractivity contribution in [1.29, 1.82) is 0 Å². The number of nitrogens with one attached hydrogen (secondary N) is 1. The van der Waals surface area contributed by atoms with Crippen LogP contribution in [0.4, 0.5) is 17.1 Å². The molecule has 0 spiro atoms. The topological polar surface area (TPSA) is 90.0 Å². The summed E-state index contributed by atoms with van der Waals surface area (Å²) in [5, 5.41) is 2.95. The molecule has 188 valence electrons. The number of amides is 2. The Morgan fingerprint density at radius 3 is 2.23 bits per heavy atom. The Kier molecular flexibility index (Phi) is 7.76. The molecule has 0 aromatic heterocycles. The fraction of sp³-hybridized carbons (Fsp3) is 0.462. The Morgan fingerprint density at radius 1 is 0.943 bits per heavy atom. The van der Waals surface area contributed by atoms with Crippen LogP contribution in [0.15, 0.2) is 47.4 Å². The molecule has 8 nitrogen and oxygen atoms in total. The van der Waals surface area contributed by atoms with Gasteiger partial charge in [0.05, 0.1) is 16.3 Å². The van der Waals surface area contributed by atoms with Crippen molar-refractivity contribution in [3.63, 3.8) is 0 Å². The van der Waals surface area contributed by atoms with Gasteiger partial charge in [0.25, 0.3) is 5.91 Å². The SMILES string of the molecule is CCN(CC)c1ccc(S(=O)(=O)N2CCCCC2)cc1NC(=O)c1ccc(N2CCCC2=O)cc1. The Balaban J connectivity index is 1.61. The van der Waals surface area contributed by atoms with E-state index in [2.05, 4.69) is 10.2 Å². The van der Waals surface area contributed by atoms with Crippen LogP contribution in [0.1, 0.15) is 56.3 Å². The van der Waals surface area contributed by atoms with Crippen LogP contribution in [0.2, 0.25) is 0 Å². The molecule has 0 saturated carbocycles. The molecule has 2 heterocycles. The maximum Gasteiger partial charge on any atom is 0.255 e. The number of piperidine rings is 1. The lowest BCUT2D eigenvalue weighted by Gasteiger charge is -2.28. The average Bonchev–Trinajstić information content (AvgIpc) is 3.31. The number of benzene rings is 2. The second kappa shape index (κ2) is 10.8. The summed E-state index contributed by atoms with van der Waals surface area (Å²) in [6.07, 6.45) is 4.15. The summed E-state index contributed by atoms with van der Waals surface area (Å²) in [4.78, 5) is 29.2. The highest BCUT2D eigenvalue weighted by Gasteiger charge is 2.27. The Hall–Kier alpha value is -2.91. The van der Waals surface area contributed by atoms with E-state index in [0.717, 1.165) is 50.1 Å². The Morgan fingerprint density at radius 2 is 1.63 bits per heavy atom. The van der Waals surface area contributed by atoms with Crippen LogP contribution in [0.3, 0.4) is 0 Å². The van der Waals surface area contributed by atoms with Gasteiger partial charge in [-0.15, -0.1) is 0 Å². The van der Waals surface area contributed by atoms with Crippen molar-refractivity contribution in [1.82, 2.24) is 4.31 Å². The molecule has 2 aromatic rings. The van der Waals surface area contributed by atoms with Crippen LogP contribution in [0.25, 0.3) is 0 Å². The maximum absolute atomic E-state index is 13.3. The van der Waals surface area contributed by atoms with Crippen molar-refractivity contribution in [2.45, 2.75) is 50.8 Å². The minimum atomic E-state index is -3.64. The molecule has 0 radical (unpaired) electrons. The molecule has 9 heteroatoms. The predicted octanol–water partition coefficient (Wildman–Crippen LogP) is 4.09. The lowest BCUT2D eigenvalue weighted by atomic mass is 10.1. The molecule has 2 aliphatic heterocycles. The van der Waals surface area contributed by atoms with Crippen molar-refractivity contribution in [3.8, 4) is 0 Å². The number of carbonyl (C=O) groups excluding carboxylic acids is 2. The highest BCUT2D eigenvalue weighted by Crippen LogP contribution is 2.32. The number of nitrogens with zero attached hydrogens (tertiary/aromatic N) is 3. The second-order valence-electron chi connectivity index (χ2n) is 8.97. The third-order valence-electron chi connectivity index (χ3n) is 6.79. The lowest BCUT2D eigenvalue weighted by Crippen LogP contribution is -2.35. The van der Waals surface area contributed by atoms with Gasteiger partial charge in [-0.2, -0.15) is 4.31 Å². The summed E-state index contributed by atoms with van der Waals surface area (Å²) in [5.74, 6) is -0.233. The van der Waals surface area contributed by atoms with Crippen LogP contribution >= 0.6 is 0 Å². The highest BCUT2D eigenvalue weighted by molar-refractivity contribution is 7.89. The van der Waals surface area contributed by atoms with E-state index in [0.29, 0.717) is 37.3 Å². The second-order valence-corrected chi connectivity index (χ2v) is 10.9. The van der Waals surface area contributed by atoms with E-state index >= 15 is 0 Å². The third kappa shape index (κ3) is 5.36. The minimum Gasteiger partial charge on any atom is -0.370 e. The number of sulfonamides is 1. The standard InChI is InChI=1S/C26H34N4O4S/c1-3-28(4-2)24-15-14-22(35(33,34)29-16-6-5-7-17-29)19-23(24)27-26(32)20-10-12-21(13-11-20)30-18-8-9-25(30)31/h10-15,19H,3-9,16-18H2,1-2H3,(H,27,32). The zero-order valence-corrected chi connectivity index (χ0v) is 21.3. The molecule has 2 aromatic carbocycles. The van der Waals surface area contributed by atoms with Crippen LogP contribution in [0.5, 0.6) is 0 Å². The molecule has 2 amide bonds. The molecule has 0 bridgehead atoms. The molecule has 4 rings (SSSR count). The molecule has 0 unspecified atom stereocenters. The largest absolute Gasteiger partial charge is 0.370 e. The zero-order valence-electron chi connectivity index (χ0n) is 20.5. The fourth-order valence-corrected chi connectivity index (χ4v) is 6.32. The quantitative estimate of drug-likeness (QED) is 0.592. The lowest BCUT2D eigenvalue weighted by molar-refractivity contribution is -0.117. The highest BCUT2D eigenvalue weighted by atomic mass is 32.2. The van der Waals surface area contributed by atoms with E-state index in [1.54, 1.807) is 47.4 Å². The molecule has 2 aliphatic rings. The van der Waals surface area contributed by atoms with Gasteiger partial charge in [0.15, 0.2) is 0 Å². The summed E-state index contributed by atoms with van der Waals surface area (Å²) >= 11 is 0. The van der Waals surface area contributed by atoms with Gasteiger partial charge >= 0.3 is 0 Å². The van der Waals surface area contributed by atoms with E-state index in [4.69, 9.17) is 0 Å². The molecule has 1 N–H and O–H groups in total. The summed E-state index contributed by atoms with van der Waals surface area (Å²) < 4.78 is 28.1. The van der Waals surface area contributed by atoms with Crippen LogP contribution in [-0.4, -0.2) is 57.3 Å². The first kappa shape index (κ1) is 25.2. The first-order chi connectivity index (χ1) is 16.8. The number of hydrogen-bond acceptors (Lipinski definition) is 5. The van der Waals surface area contributed by atoms with Crippen LogP contribution in [0, 0.1) is 0 Å². The van der Waals surface area contributed by atoms with Crippen molar-refractivity contribution < 1.29 is 18.0 Å². The first-order valence-corrected chi connectivity index (χ1v) is 13.9. The van der Waals surface area contributed by atoms with Gasteiger partial charge in [-0.25, -0.2) is 8.42 Å². The summed E-state index contributed by atoms with van der Waals surface area (Å²) in [6.45, 7) is 7.21. The molecule has 35 heavy (non-hydrogen) atoms. The Bertz CT molecular complexity index is 1170. The fourth-order valence-electron chi connectivity index (χ4n) is 4.78. The van der Waals surface area contributed by atoms with Gasteiger partial charge in [-0.05, 0) is 75.6 Å². The smallest absolute Gasteiger partial charge is 0.255 e. The maximum atomic E-state index is 13.3. The van der Waals surface area contributed by atoms with E-state index in [1.807, 2.05) is 13.8 Å². The van der Waals surface area contributed by atoms with Crippen molar-refractivity contribution in [2.75, 3.05) is 47.8 Å². The predicted molar refractivity (Wildman–Crippen MR) is 139 cm³/mol.